The Hall–Kier alpha value is -1.58. The van der Waals surface area contributed by atoms with E-state index in [0.717, 1.165) is 25.1 Å². The summed E-state index contributed by atoms with van der Waals surface area (Å²) in [6.07, 6.45) is 10.8. The van der Waals surface area contributed by atoms with Gasteiger partial charge in [-0.1, -0.05) is 33.1 Å². The Balaban J connectivity index is 1.73. The molecule has 0 aromatic carbocycles. The van der Waals surface area contributed by atoms with Crippen molar-refractivity contribution < 1.29 is 0 Å². The highest BCUT2D eigenvalue weighted by Crippen LogP contribution is 2.27. The molecule has 0 radical (unpaired) electrons. The van der Waals surface area contributed by atoms with E-state index in [1.807, 2.05) is 0 Å². The molecule has 0 amide bonds. The maximum atomic E-state index is 4.80. The first-order valence-electron chi connectivity index (χ1n) is 8.39. The molecular formula is C17H26N4. The molecule has 2 heterocycles. The van der Waals surface area contributed by atoms with Crippen LogP contribution in [0.15, 0.2) is 18.3 Å². The summed E-state index contributed by atoms with van der Waals surface area (Å²) < 4.78 is 4.30. The summed E-state index contributed by atoms with van der Waals surface area (Å²) in [5.41, 5.74) is 3.61. The van der Waals surface area contributed by atoms with Gasteiger partial charge in [0.25, 0.3) is 0 Å². The predicted molar refractivity (Wildman–Crippen MR) is 84.4 cm³/mol. The van der Waals surface area contributed by atoms with Crippen molar-refractivity contribution in [3.05, 3.63) is 35.4 Å². The number of aryl methyl sites for hydroxylation is 2. The molecule has 21 heavy (non-hydrogen) atoms. The van der Waals surface area contributed by atoms with E-state index in [0.29, 0.717) is 6.04 Å². The van der Waals surface area contributed by atoms with Gasteiger partial charge in [0, 0.05) is 11.9 Å². The van der Waals surface area contributed by atoms with E-state index >= 15 is 0 Å². The van der Waals surface area contributed by atoms with E-state index in [-0.39, 0.29) is 0 Å². The largest absolute Gasteiger partial charge is 0.269 e. The summed E-state index contributed by atoms with van der Waals surface area (Å²) in [5, 5.41) is 9.48. The zero-order chi connectivity index (χ0) is 14.7. The number of nitrogens with zero attached hydrogens (tertiary/aromatic N) is 4. The second kappa shape index (κ2) is 6.46. The van der Waals surface area contributed by atoms with Gasteiger partial charge < -0.3 is 0 Å². The van der Waals surface area contributed by atoms with E-state index in [2.05, 4.69) is 46.6 Å². The minimum absolute atomic E-state index is 0.613. The van der Waals surface area contributed by atoms with Crippen molar-refractivity contribution in [1.29, 1.82) is 0 Å². The first-order chi connectivity index (χ1) is 10.3. The third kappa shape index (κ3) is 3.20. The summed E-state index contributed by atoms with van der Waals surface area (Å²) in [7, 11) is 0. The molecule has 114 valence electrons. The summed E-state index contributed by atoms with van der Waals surface area (Å²) >= 11 is 0. The Morgan fingerprint density at radius 3 is 2.57 bits per heavy atom. The molecule has 4 nitrogen and oxygen atoms in total. The normalized spacial score (nSPS) is 16.5. The van der Waals surface area contributed by atoms with Crippen LogP contribution in [0.2, 0.25) is 0 Å². The van der Waals surface area contributed by atoms with Crippen LogP contribution < -0.4 is 0 Å². The van der Waals surface area contributed by atoms with Gasteiger partial charge in [0.05, 0.1) is 24.0 Å². The summed E-state index contributed by atoms with van der Waals surface area (Å²) in [6.45, 7) is 5.14. The number of aromatic nitrogens is 4. The van der Waals surface area contributed by atoms with Crippen LogP contribution in [0.25, 0.3) is 0 Å². The topological polar surface area (TPSA) is 35.6 Å². The van der Waals surface area contributed by atoms with Gasteiger partial charge in [-0.05, 0) is 37.8 Å². The van der Waals surface area contributed by atoms with Gasteiger partial charge >= 0.3 is 0 Å². The minimum Gasteiger partial charge on any atom is -0.269 e. The average Bonchev–Trinajstić information content (AvgIpc) is 3.15. The lowest BCUT2D eigenvalue weighted by atomic mass is 9.96. The Morgan fingerprint density at radius 2 is 1.86 bits per heavy atom. The Labute approximate surface area is 127 Å². The molecule has 1 aliphatic carbocycles. The van der Waals surface area contributed by atoms with Gasteiger partial charge in [-0.3, -0.25) is 9.36 Å². The third-order valence-electron chi connectivity index (χ3n) is 4.56. The van der Waals surface area contributed by atoms with Crippen LogP contribution in [0.4, 0.5) is 0 Å². The van der Waals surface area contributed by atoms with Gasteiger partial charge in [-0.15, -0.1) is 0 Å². The molecule has 0 bridgehead atoms. The van der Waals surface area contributed by atoms with Gasteiger partial charge in [0.2, 0.25) is 0 Å². The first kappa shape index (κ1) is 14.4. The molecular weight excluding hydrogens is 260 g/mol. The first-order valence-corrected chi connectivity index (χ1v) is 8.39. The van der Waals surface area contributed by atoms with Crippen molar-refractivity contribution in [2.24, 2.45) is 0 Å². The maximum Gasteiger partial charge on any atom is 0.0853 e. The van der Waals surface area contributed by atoms with E-state index in [4.69, 9.17) is 5.10 Å². The molecule has 0 unspecified atom stereocenters. The lowest BCUT2D eigenvalue weighted by Gasteiger charge is -2.21. The van der Waals surface area contributed by atoms with Gasteiger partial charge in [-0.2, -0.15) is 10.2 Å². The van der Waals surface area contributed by atoms with Gasteiger partial charge in [-0.25, -0.2) is 0 Å². The van der Waals surface area contributed by atoms with E-state index in [1.54, 1.807) is 0 Å². The molecule has 0 spiro atoms. The smallest absolute Gasteiger partial charge is 0.0853 e. The predicted octanol–water partition coefficient (Wildman–Crippen LogP) is 3.76. The van der Waals surface area contributed by atoms with Crippen LogP contribution in [-0.2, 0) is 19.4 Å². The van der Waals surface area contributed by atoms with Crippen molar-refractivity contribution >= 4 is 0 Å². The fourth-order valence-electron chi connectivity index (χ4n) is 3.27. The maximum absolute atomic E-state index is 4.80. The molecule has 2 aromatic rings. The fourth-order valence-corrected chi connectivity index (χ4v) is 3.27. The van der Waals surface area contributed by atoms with Crippen molar-refractivity contribution in [3.8, 4) is 0 Å². The summed E-state index contributed by atoms with van der Waals surface area (Å²) in [6, 6.07) is 4.99. The van der Waals surface area contributed by atoms with Crippen LogP contribution in [0.5, 0.6) is 0 Å². The number of rotatable bonds is 5. The fraction of sp³-hybridized carbons (Fsp3) is 0.647. The molecule has 1 aliphatic rings. The Kier molecular flexibility index (Phi) is 4.42. The quantitative estimate of drug-likeness (QED) is 0.839. The lowest BCUT2D eigenvalue weighted by Crippen LogP contribution is -2.14. The highest BCUT2D eigenvalue weighted by atomic mass is 15.3. The molecule has 1 fully saturated rings. The Morgan fingerprint density at radius 1 is 1.05 bits per heavy atom. The van der Waals surface area contributed by atoms with Crippen LogP contribution in [-0.4, -0.2) is 19.6 Å². The summed E-state index contributed by atoms with van der Waals surface area (Å²) in [5.74, 6) is 0. The lowest BCUT2D eigenvalue weighted by molar-refractivity contribution is 0.327. The highest BCUT2D eigenvalue weighted by Gasteiger charge is 2.16. The highest BCUT2D eigenvalue weighted by molar-refractivity contribution is 5.12. The second-order valence-corrected chi connectivity index (χ2v) is 6.07. The second-order valence-electron chi connectivity index (χ2n) is 6.07. The summed E-state index contributed by atoms with van der Waals surface area (Å²) in [4.78, 5) is 0. The minimum atomic E-state index is 0.613. The Bertz CT molecular complexity index is 575. The molecule has 0 aliphatic heterocycles. The van der Waals surface area contributed by atoms with Crippen molar-refractivity contribution in [2.75, 3.05) is 0 Å². The zero-order valence-corrected chi connectivity index (χ0v) is 13.3. The molecule has 1 saturated carbocycles. The SMILES string of the molecule is CCc1cc(CC)n(Cc2ccn(C3CCCCC3)n2)n1. The van der Waals surface area contributed by atoms with Crippen molar-refractivity contribution in [3.63, 3.8) is 0 Å². The average molecular weight is 286 g/mol. The molecule has 0 N–H and O–H groups in total. The van der Waals surface area contributed by atoms with Gasteiger partial charge in [0.15, 0.2) is 0 Å². The monoisotopic (exact) mass is 286 g/mol. The van der Waals surface area contributed by atoms with Crippen LogP contribution in [0.1, 0.15) is 69.1 Å². The van der Waals surface area contributed by atoms with Crippen molar-refractivity contribution in [2.45, 2.75) is 71.4 Å². The molecule has 0 atom stereocenters. The van der Waals surface area contributed by atoms with Gasteiger partial charge in [0.1, 0.15) is 0 Å². The van der Waals surface area contributed by atoms with E-state index in [9.17, 15) is 0 Å². The van der Waals surface area contributed by atoms with E-state index < -0.39 is 0 Å². The molecule has 2 aromatic heterocycles. The number of hydrogen-bond acceptors (Lipinski definition) is 2. The third-order valence-corrected chi connectivity index (χ3v) is 4.56. The zero-order valence-electron chi connectivity index (χ0n) is 13.3. The molecule has 3 rings (SSSR count). The van der Waals surface area contributed by atoms with Crippen LogP contribution in [0.3, 0.4) is 0 Å². The number of hydrogen-bond donors (Lipinski definition) is 0. The van der Waals surface area contributed by atoms with Crippen molar-refractivity contribution in [1.82, 2.24) is 19.6 Å². The molecule has 0 saturated heterocycles. The standard InChI is InChI=1S/C17H26N4/c1-3-14-12-16(4-2)21(18-14)13-15-10-11-20(19-15)17-8-6-5-7-9-17/h10-12,17H,3-9,13H2,1-2H3. The van der Waals surface area contributed by atoms with Crippen LogP contribution in [0, 0.1) is 0 Å². The van der Waals surface area contributed by atoms with Crippen LogP contribution >= 0.6 is 0 Å². The molecule has 4 heteroatoms. The van der Waals surface area contributed by atoms with E-state index in [1.165, 1.54) is 43.5 Å².